The second kappa shape index (κ2) is 8.47. The SMILES string of the molecule is CN(CCCNC(=O)c1ccc2c(c1)CCCN2S(C)(=O)=O)CC(F)(F)F. The molecule has 0 unspecified atom stereocenters. The average Bonchev–Trinajstić information content (AvgIpc) is 2.55. The lowest BCUT2D eigenvalue weighted by molar-refractivity contribution is -0.143. The predicted octanol–water partition coefficient (Wildman–Crippen LogP) is 2.01. The molecule has 1 amide bonds. The van der Waals surface area contributed by atoms with Gasteiger partial charge in [-0.1, -0.05) is 0 Å². The highest BCUT2D eigenvalue weighted by Gasteiger charge is 2.29. The summed E-state index contributed by atoms with van der Waals surface area (Å²) in [5.74, 6) is -0.326. The van der Waals surface area contributed by atoms with Crippen molar-refractivity contribution < 1.29 is 26.4 Å². The summed E-state index contributed by atoms with van der Waals surface area (Å²) >= 11 is 0. The smallest absolute Gasteiger partial charge is 0.352 e. The van der Waals surface area contributed by atoms with E-state index in [0.29, 0.717) is 37.1 Å². The molecule has 0 saturated carbocycles. The number of alkyl halides is 3. The van der Waals surface area contributed by atoms with Crippen LogP contribution in [0.3, 0.4) is 0 Å². The monoisotopic (exact) mass is 407 g/mol. The molecule has 6 nitrogen and oxygen atoms in total. The average molecular weight is 407 g/mol. The van der Waals surface area contributed by atoms with E-state index in [1.54, 1.807) is 18.2 Å². The van der Waals surface area contributed by atoms with Gasteiger partial charge in [0.2, 0.25) is 10.0 Å². The number of halogens is 3. The van der Waals surface area contributed by atoms with Gasteiger partial charge in [0.1, 0.15) is 0 Å². The van der Waals surface area contributed by atoms with Gasteiger partial charge in [-0.25, -0.2) is 8.42 Å². The standard InChI is InChI=1S/C17H24F3N3O3S/c1-22(12-17(18,19)20)9-4-8-21-16(24)14-6-7-15-13(11-14)5-3-10-23(15)27(2,25)26/h6-7,11H,3-5,8-10,12H2,1-2H3,(H,21,24). The Bertz CT molecular complexity index is 781. The molecule has 0 fully saturated rings. The molecule has 0 aliphatic carbocycles. The van der Waals surface area contributed by atoms with E-state index in [1.807, 2.05) is 0 Å². The van der Waals surface area contributed by atoms with Crippen LogP contribution in [0.2, 0.25) is 0 Å². The Kier molecular flexibility index (Phi) is 6.74. The Morgan fingerprint density at radius 1 is 1.33 bits per heavy atom. The van der Waals surface area contributed by atoms with Crippen molar-refractivity contribution in [3.05, 3.63) is 29.3 Å². The normalized spacial score (nSPS) is 15.0. The summed E-state index contributed by atoms with van der Waals surface area (Å²) in [4.78, 5) is 13.4. The van der Waals surface area contributed by atoms with Crippen molar-refractivity contribution in [2.75, 3.05) is 43.8 Å². The van der Waals surface area contributed by atoms with Crippen molar-refractivity contribution >= 4 is 21.6 Å². The summed E-state index contributed by atoms with van der Waals surface area (Å²) in [7, 11) is -1.98. The second-order valence-electron chi connectivity index (χ2n) is 6.74. The summed E-state index contributed by atoms with van der Waals surface area (Å²) in [6.07, 6.45) is -1.33. The Balaban J connectivity index is 1.91. The maximum Gasteiger partial charge on any atom is 0.401 e. The Morgan fingerprint density at radius 3 is 2.67 bits per heavy atom. The first-order chi connectivity index (χ1) is 12.5. The van der Waals surface area contributed by atoms with Crippen LogP contribution in [0, 0.1) is 0 Å². The van der Waals surface area contributed by atoms with Gasteiger partial charge in [0.05, 0.1) is 18.5 Å². The highest BCUT2D eigenvalue weighted by Crippen LogP contribution is 2.29. The molecule has 1 aromatic carbocycles. The minimum absolute atomic E-state index is 0.216. The number of carbonyl (C=O) groups is 1. The summed E-state index contributed by atoms with van der Waals surface area (Å²) < 4.78 is 61.8. The molecule has 10 heteroatoms. The number of nitrogens with one attached hydrogen (secondary N) is 1. The molecule has 1 aliphatic rings. The molecule has 0 bridgehead atoms. The highest BCUT2D eigenvalue weighted by molar-refractivity contribution is 7.92. The van der Waals surface area contributed by atoms with Gasteiger partial charge in [-0.3, -0.25) is 14.0 Å². The number of rotatable bonds is 7. The lowest BCUT2D eigenvalue weighted by atomic mass is 10.0. The molecule has 0 spiro atoms. The third-order valence-corrected chi connectivity index (χ3v) is 5.45. The number of amides is 1. The maximum atomic E-state index is 12.3. The quantitative estimate of drug-likeness (QED) is 0.702. The van der Waals surface area contributed by atoms with Crippen LogP contribution < -0.4 is 9.62 Å². The number of hydrogen-bond donors (Lipinski definition) is 1. The number of hydrogen-bond acceptors (Lipinski definition) is 4. The van der Waals surface area contributed by atoms with Crippen molar-refractivity contribution in [2.45, 2.75) is 25.4 Å². The van der Waals surface area contributed by atoms with E-state index in [9.17, 15) is 26.4 Å². The van der Waals surface area contributed by atoms with Crippen molar-refractivity contribution in [3.63, 3.8) is 0 Å². The van der Waals surface area contributed by atoms with Crippen LogP contribution in [0.4, 0.5) is 18.9 Å². The molecule has 152 valence electrons. The summed E-state index contributed by atoms with van der Waals surface area (Å²) in [6.45, 7) is -0.0910. The number of nitrogens with zero attached hydrogens (tertiary/aromatic N) is 2. The maximum absolute atomic E-state index is 12.3. The zero-order valence-electron chi connectivity index (χ0n) is 15.3. The Morgan fingerprint density at radius 2 is 2.04 bits per heavy atom. The molecular weight excluding hydrogens is 383 g/mol. The Hall–Kier alpha value is -1.81. The van der Waals surface area contributed by atoms with Gasteiger partial charge in [0.25, 0.3) is 5.91 Å². The predicted molar refractivity (Wildman–Crippen MR) is 97.5 cm³/mol. The van der Waals surface area contributed by atoms with E-state index in [4.69, 9.17) is 0 Å². The fraction of sp³-hybridized carbons (Fsp3) is 0.588. The van der Waals surface area contributed by atoms with Gasteiger partial charge >= 0.3 is 6.18 Å². The summed E-state index contributed by atoms with van der Waals surface area (Å²) in [5.41, 5.74) is 1.80. The van der Waals surface area contributed by atoms with Crippen molar-refractivity contribution in [3.8, 4) is 0 Å². The Labute approximate surface area is 157 Å². The third-order valence-electron chi connectivity index (χ3n) is 4.27. The molecule has 1 heterocycles. The number of aryl methyl sites for hydroxylation is 1. The first kappa shape index (κ1) is 21.5. The van der Waals surface area contributed by atoms with Crippen molar-refractivity contribution in [2.24, 2.45) is 0 Å². The van der Waals surface area contributed by atoms with Gasteiger partial charge in [-0.05, 0) is 56.6 Å². The van der Waals surface area contributed by atoms with E-state index in [0.717, 1.165) is 16.7 Å². The van der Waals surface area contributed by atoms with E-state index in [2.05, 4.69) is 5.32 Å². The number of carbonyl (C=O) groups excluding carboxylic acids is 1. The van der Waals surface area contributed by atoms with Crippen LogP contribution in [-0.2, 0) is 16.4 Å². The highest BCUT2D eigenvalue weighted by atomic mass is 32.2. The van der Waals surface area contributed by atoms with E-state index < -0.39 is 22.7 Å². The minimum Gasteiger partial charge on any atom is -0.352 e. The number of anilines is 1. The van der Waals surface area contributed by atoms with Crippen LogP contribution in [0.25, 0.3) is 0 Å². The van der Waals surface area contributed by atoms with Crippen molar-refractivity contribution in [1.82, 2.24) is 10.2 Å². The fourth-order valence-corrected chi connectivity index (χ4v) is 4.08. The van der Waals surface area contributed by atoms with E-state index in [-0.39, 0.29) is 19.0 Å². The molecular formula is C17H24F3N3O3S. The third kappa shape index (κ3) is 6.39. The number of benzene rings is 1. The second-order valence-corrected chi connectivity index (χ2v) is 8.65. The molecule has 1 N–H and O–H groups in total. The van der Waals surface area contributed by atoms with Crippen LogP contribution in [0.15, 0.2) is 18.2 Å². The molecule has 0 saturated heterocycles. The lowest BCUT2D eigenvalue weighted by Gasteiger charge is -2.29. The van der Waals surface area contributed by atoms with Crippen LogP contribution in [-0.4, -0.2) is 64.9 Å². The van der Waals surface area contributed by atoms with Gasteiger partial charge in [-0.2, -0.15) is 13.2 Å². The van der Waals surface area contributed by atoms with Crippen molar-refractivity contribution in [1.29, 1.82) is 0 Å². The molecule has 1 aromatic rings. The molecule has 0 radical (unpaired) electrons. The summed E-state index contributed by atoms with van der Waals surface area (Å²) in [5, 5.41) is 2.69. The topological polar surface area (TPSA) is 69.7 Å². The van der Waals surface area contributed by atoms with Gasteiger partial charge in [-0.15, -0.1) is 0 Å². The lowest BCUT2D eigenvalue weighted by Crippen LogP contribution is -2.35. The van der Waals surface area contributed by atoms with Gasteiger partial charge in [0, 0.05) is 18.7 Å². The minimum atomic E-state index is -4.24. The van der Waals surface area contributed by atoms with Crippen LogP contribution >= 0.6 is 0 Å². The zero-order valence-corrected chi connectivity index (χ0v) is 16.2. The fourth-order valence-electron chi connectivity index (χ4n) is 3.09. The number of sulfonamides is 1. The molecule has 0 aromatic heterocycles. The molecule has 0 atom stereocenters. The first-order valence-corrected chi connectivity index (χ1v) is 10.5. The molecule has 1 aliphatic heterocycles. The number of fused-ring (bicyclic) bond motifs is 1. The van der Waals surface area contributed by atoms with Crippen LogP contribution in [0.5, 0.6) is 0 Å². The largest absolute Gasteiger partial charge is 0.401 e. The van der Waals surface area contributed by atoms with Crippen LogP contribution in [0.1, 0.15) is 28.8 Å². The van der Waals surface area contributed by atoms with E-state index in [1.165, 1.54) is 11.4 Å². The van der Waals surface area contributed by atoms with Gasteiger partial charge < -0.3 is 5.32 Å². The van der Waals surface area contributed by atoms with Gasteiger partial charge in [0.15, 0.2) is 0 Å². The zero-order chi connectivity index (χ0) is 20.2. The first-order valence-electron chi connectivity index (χ1n) is 8.61. The molecule has 27 heavy (non-hydrogen) atoms. The van der Waals surface area contributed by atoms with E-state index >= 15 is 0 Å². The molecule has 2 rings (SSSR count). The summed E-state index contributed by atoms with van der Waals surface area (Å²) in [6, 6.07) is 4.87.